The number of rotatable bonds is 8. The van der Waals surface area contributed by atoms with Gasteiger partial charge in [0.2, 0.25) is 5.75 Å². The molecule has 0 aromatic heterocycles. The number of alkyl carbamates (subject to hydrolysis) is 1. The van der Waals surface area contributed by atoms with Crippen LogP contribution in [0.4, 0.5) is 4.79 Å². The number of carbonyl (C=O) groups is 3. The molecule has 4 rings (SSSR count). The van der Waals surface area contributed by atoms with Gasteiger partial charge in [0.25, 0.3) is 11.8 Å². The molecule has 12 heteroatoms. The van der Waals surface area contributed by atoms with Gasteiger partial charge in [0.05, 0.1) is 49.2 Å². The largest absolute Gasteiger partial charge is 0.493 e. The van der Waals surface area contributed by atoms with Crippen molar-refractivity contribution in [3.63, 3.8) is 0 Å². The third-order valence-electron chi connectivity index (χ3n) is 7.45. The van der Waals surface area contributed by atoms with E-state index >= 15 is 0 Å². The summed E-state index contributed by atoms with van der Waals surface area (Å²) in [5.41, 5.74) is 2.85. The van der Waals surface area contributed by atoms with E-state index in [0.29, 0.717) is 46.3 Å². The summed E-state index contributed by atoms with van der Waals surface area (Å²) in [6.45, 7) is 0.487. The fourth-order valence-corrected chi connectivity index (χ4v) is 5.29. The van der Waals surface area contributed by atoms with Crippen LogP contribution < -0.4 is 29.0 Å². The zero-order chi connectivity index (χ0) is 30.4. The average molecular weight is 584 g/mol. The molecule has 1 atom stereocenters. The Balaban J connectivity index is 1.61. The molecule has 0 radical (unpaired) electrons. The monoisotopic (exact) mass is 583 g/mol. The highest BCUT2D eigenvalue weighted by Crippen LogP contribution is 2.39. The zero-order valence-electron chi connectivity index (χ0n) is 24.8. The van der Waals surface area contributed by atoms with Crippen molar-refractivity contribution in [1.29, 1.82) is 0 Å². The molecule has 0 spiro atoms. The number of ether oxygens (including phenoxy) is 6. The fourth-order valence-electron chi connectivity index (χ4n) is 5.29. The molecule has 1 aliphatic carbocycles. The molecular formula is C30H37N3O9. The standard InChI is InChI=1S/C30H37N3O9/c1-37-22-13-18-8-7-9-19(12-20(18)14-23(22)38-2)29(35)33-11-10-32(17-26(33)31-30(36)42-6)28(34)21-15-24(39-3)27(41-5)25(16-21)40-4/h12-16,26H,7-11,17H2,1-6H3,(H,31,36). The van der Waals surface area contributed by atoms with Gasteiger partial charge in [-0.15, -0.1) is 0 Å². The van der Waals surface area contributed by atoms with Crippen molar-refractivity contribution >= 4 is 24.0 Å². The maximum Gasteiger partial charge on any atom is 0.408 e. The second-order valence-corrected chi connectivity index (χ2v) is 9.74. The Kier molecular flexibility index (Phi) is 9.66. The predicted octanol–water partition coefficient (Wildman–Crippen LogP) is 3.12. The summed E-state index contributed by atoms with van der Waals surface area (Å²) < 4.78 is 31.9. The third kappa shape index (κ3) is 6.17. The first-order chi connectivity index (χ1) is 20.3. The highest BCUT2D eigenvalue weighted by atomic mass is 16.5. The zero-order valence-corrected chi connectivity index (χ0v) is 24.8. The van der Waals surface area contributed by atoms with Gasteiger partial charge in [0.1, 0.15) is 6.17 Å². The lowest BCUT2D eigenvalue weighted by atomic mass is 10.0. The van der Waals surface area contributed by atoms with Gasteiger partial charge in [-0.25, -0.2) is 4.79 Å². The quantitative estimate of drug-likeness (QED) is 0.499. The molecule has 2 aromatic rings. The van der Waals surface area contributed by atoms with Crippen LogP contribution in [0, 0.1) is 0 Å². The number of nitrogens with one attached hydrogen (secondary N) is 1. The normalized spacial score (nSPS) is 16.3. The van der Waals surface area contributed by atoms with Gasteiger partial charge in [-0.05, 0) is 60.7 Å². The molecule has 1 saturated heterocycles. The number of hydrogen-bond acceptors (Lipinski definition) is 9. The summed E-state index contributed by atoms with van der Waals surface area (Å²) in [5.74, 6) is 1.72. The molecule has 2 aromatic carbocycles. The summed E-state index contributed by atoms with van der Waals surface area (Å²) in [6, 6.07) is 6.94. The van der Waals surface area contributed by atoms with Crippen LogP contribution in [0.1, 0.15) is 34.3 Å². The van der Waals surface area contributed by atoms with Crippen molar-refractivity contribution in [1.82, 2.24) is 15.1 Å². The Morgan fingerprint density at radius 1 is 0.762 bits per heavy atom. The Hall–Kier alpha value is -4.61. The predicted molar refractivity (Wildman–Crippen MR) is 154 cm³/mol. The van der Waals surface area contributed by atoms with Crippen molar-refractivity contribution in [2.45, 2.75) is 25.4 Å². The van der Waals surface area contributed by atoms with Crippen molar-refractivity contribution in [2.24, 2.45) is 0 Å². The lowest BCUT2D eigenvalue weighted by Crippen LogP contribution is -2.62. The van der Waals surface area contributed by atoms with Gasteiger partial charge in [0, 0.05) is 24.2 Å². The minimum atomic E-state index is -0.821. The smallest absolute Gasteiger partial charge is 0.408 e. The van der Waals surface area contributed by atoms with Crippen LogP contribution in [0.5, 0.6) is 28.7 Å². The first kappa shape index (κ1) is 30.4. The summed E-state index contributed by atoms with van der Waals surface area (Å²) >= 11 is 0. The molecule has 42 heavy (non-hydrogen) atoms. The van der Waals surface area contributed by atoms with E-state index in [4.69, 9.17) is 28.4 Å². The Labute approximate surface area is 245 Å². The number of aryl methyl sites for hydroxylation is 1. The minimum Gasteiger partial charge on any atom is -0.493 e. The third-order valence-corrected chi connectivity index (χ3v) is 7.45. The lowest BCUT2D eigenvalue weighted by Gasteiger charge is -2.41. The molecule has 1 aliphatic heterocycles. The highest BCUT2D eigenvalue weighted by Gasteiger charge is 2.36. The molecule has 226 valence electrons. The minimum absolute atomic E-state index is 0.0468. The van der Waals surface area contributed by atoms with Crippen molar-refractivity contribution in [3.8, 4) is 28.7 Å². The van der Waals surface area contributed by atoms with E-state index in [9.17, 15) is 14.4 Å². The van der Waals surface area contributed by atoms with Crippen molar-refractivity contribution in [2.75, 3.05) is 62.3 Å². The molecule has 1 unspecified atom stereocenters. The number of nitrogens with zero attached hydrogens (tertiary/aromatic N) is 2. The van der Waals surface area contributed by atoms with Gasteiger partial charge in [-0.1, -0.05) is 0 Å². The second-order valence-electron chi connectivity index (χ2n) is 9.74. The van der Waals surface area contributed by atoms with Gasteiger partial charge >= 0.3 is 6.09 Å². The van der Waals surface area contributed by atoms with E-state index in [1.807, 2.05) is 18.2 Å². The van der Waals surface area contributed by atoms with E-state index < -0.39 is 12.3 Å². The first-order valence-corrected chi connectivity index (χ1v) is 13.5. The van der Waals surface area contributed by atoms with Crippen LogP contribution in [-0.4, -0.2) is 96.2 Å². The van der Waals surface area contributed by atoms with Gasteiger partial charge in [0.15, 0.2) is 23.0 Å². The number of methoxy groups -OCH3 is 6. The molecule has 1 N–H and O–H groups in total. The molecule has 1 heterocycles. The number of fused-ring (bicyclic) bond motifs is 1. The Morgan fingerprint density at radius 3 is 2.00 bits per heavy atom. The number of carbonyl (C=O) groups excluding carboxylic acids is 3. The summed E-state index contributed by atoms with van der Waals surface area (Å²) in [5, 5.41) is 2.72. The first-order valence-electron chi connectivity index (χ1n) is 13.5. The van der Waals surface area contributed by atoms with E-state index in [1.165, 1.54) is 28.4 Å². The molecule has 2 aliphatic rings. The SMILES string of the molecule is COC(=O)NC1CN(C(=O)c2cc(OC)c(OC)c(OC)c2)CCN1C(=O)C1=Cc2cc(OC)c(OC)cc2CCC1. The maximum absolute atomic E-state index is 13.9. The van der Waals surface area contributed by atoms with Crippen molar-refractivity contribution < 1.29 is 42.8 Å². The van der Waals surface area contributed by atoms with Gasteiger partial charge in [-0.2, -0.15) is 0 Å². The van der Waals surface area contributed by atoms with Gasteiger partial charge < -0.3 is 38.2 Å². The number of benzene rings is 2. The van der Waals surface area contributed by atoms with Crippen LogP contribution in [0.15, 0.2) is 29.8 Å². The number of hydrogen-bond donors (Lipinski definition) is 1. The molecule has 3 amide bonds. The number of piperazine rings is 1. The van der Waals surface area contributed by atoms with Gasteiger partial charge in [-0.3, -0.25) is 14.9 Å². The lowest BCUT2D eigenvalue weighted by molar-refractivity contribution is -0.132. The van der Waals surface area contributed by atoms with E-state index in [0.717, 1.165) is 24.0 Å². The Bertz CT molecular complexity index is 1350. The molecule has 1 fully saturated rings. The highest BCUT2D eigenvalue weighted by molar-refractivity contribution is 5.99. The maximum atomic E-state index is 13.9. The van der Waals surface area contributed by atoms with Crippen LogP contribution >= 0.6 is 0 Å². The summed E-state index contributed by atoms with van der Waals surface area (Å²) in [7, 11) is 8.83. The molecular weight excluding hydrogens is 546 g/mol. The Morgan fingerprint density at radius 2 is 1.40 bits per heavy atom. The second kappa shape index (κ2) is 13.4. The molecule has 12 nitrogen and oxygen atoms in total. The molecule has 0 saturated carbocycles. The summed E-state index contributed by atoms with van der Waals surface area (Å²) in [4.78, 5) is 43.0. The molecule has 0 bridgehead atoms. The fraction of sp³-hybridized carbons (Fsp3) is 0.433. The van der Waals surface area contributed by atoms with Crippen LogP contribution in [0.25, 0.3) is 6.08 Å². The van der Waals surface area contributed by atoms with Crippen LogP contribution in [0.3, 0.4) is 0 Å². The summed E-state index contributed by atoms with van der Waals surface area (Å²) in [6.07, 6.45) is 2.41. The van der Waals surface area contributed by atoms with E-state index in [-0.39, 0.29) is 31.4 Å². The van der Waals surface area contributed by atoms with E-state index in [1.54, 1.807) is 36.2 Å². The van der Waals surface area contributed by atoms with Crippen LogP contribution in [0.2, 0.25) is 0 Å². The topological polar surface area (TPSA) is 125 Å². The average Bonchev–Trinajstić information content (AvgIpc) is 3.24. The number of amides is 3. The van der Waals surface area contributed by atoms with Crippen LogP contribution in [-0.2, 0) is 16.0 Å². The van der Waals surface area contributed by atoms with E-state index in [2.05, 4.69) is 5.32 Å². The van der Waals surface area contributed by atoms with Crippen molar-refractivity contribution in [3.05, 3.63) is 46.5 Å².